The fourth-order valence-electron chi connectivity index (χ4n) is 4.38. The van der Waals surface area contributed by atoms with E-state index in [1.807, 2.05) is 0 Å². The van der Waals surface area contributed by atoms with Gasteiger partial charge in [-0.15, -0.1) is 0 Å². The first-order chi connectivity index (χ1) is 13.5. The molecular formula is C21H29F3N2O3. The molecule has 0 bridgehead atoms. The van der Waals surface area contributed by atoms with E-state index in [2.05, 4.69) is 33.5 Å². The number of carbonyl (C=O) groups is 1. The Labute approximate surface area is 169 Å². The van der Waals surface area contributed by atoms with E-state index >= 15 is 4.39 Å². The van der Waals surface area contributed by atoms with E-state index in [9.17, 15) is 13.6 Å². The van der Waals surface area contributed by atoms with Crippen LogP contribution in [0.3, 0.4) is 0 Å². The zero-order valence-corrected chi connectivity index (χ0v) is 17.4. The second-order valence-corrected chi connectivity index (χ2v) is 8.52. The van der Waals surface area contributed by atoms with E-state index in [4.69, 9.17) is 0 Å². The molecule has 5 nitrogen and oxygen atoms in total. The van der Waals surface area contributed by atoms with Crippen LogP contribution >= 0.6 is 0 Å². The highest BCUT2D eigenvalue weighted by molar-refractivity contribution is 5.76. The Morgan fingerprint density at radius 1 is 1.31 bits per heavy atom. The number of carbonyl (C=O) groups excluding carboxylic acids is 1. The van der Waals surface area contributed by atoms with Gasteiger partial charge in [-0.05, 0) is 52.2 Å². The summed E-state index contributed by atoms with van der Waals surface area (Å²) in [6.45, 7) is 7.53. The van der Waals surface area contributed by atoms with Crippen molar-refractivity contribution in [1.29, 1.82) is 0 Å². The van der Waals surface area contributed by atoms with Gasteiger partial charge < -0.3 is 19.7 Å². The minimum atomic E-state index is -4.18. The SMILES string of the molecule is CCOC(=O)C(F)(F)Oc1cc(F)c(N2CC(C)(C)N[C@H]3CCCC[C@@H]32)cc1C. The first kappa shape index (κ1) is 21.7. The molecule has 1 N–H and O–H groups in total. The molecule has 1 aliphatic heterocycles. The maximum Gasteiger partial charge on any atom is 0.502 e. The Morgan fingerprint density at radius 2 is 2.00 bits per heavy atom. The van der Waals surface area contributed by atoms with E-state index in [-0.39, 0.29) is 30.0 Å². The molecule has 1 saturated heterocycles. The predicted octanol–water partition coefficient (Wildman–Crippen LogP) is 4.17. The summed E-state index contributed by atoms with van der Waals surface area (Å²) in [6, 6.07) is 2.87. The van der Waals surface area contributed by atoms with Gasteiger partial charge in [0.05, 0.1) is 12.3 Å². The van der Waals surface area contributed by atoms with Crippen LogP contribution in [-0.2, 0) is 9.53 Å². The van der Waals surface area contributed by atoms with Gasteiger partial charge in [0.1, 0.15) is 11.6 Å². The summed E-state index contributed by atoms with van der Waals surface area (Å²) < 4.78 is 51.8. The molecule has 0 amide bonds. The summed E-state index contributed by atoms with van der Waals surface area (Å²) in [4.78, 5) is 13.5. The van der Waals surface area contributed by atoms with Gasteiger partial charge >= 0.3 is 12.1 Å². The van der Waals surface area contributed by atoms with Gasteiger partial charge in [0.2, 0.25) is 0 Å². The second kappa shape index (κ2) is 8.05. The smallest absolute Gasteiger partial charge is 0.459 e. The first-order valence-electron chi connectivity index (χ1n) is 10.1. The third kappa shape index (κ3) is 4.63. The van der Waals surface area contributed by atoms with Crippen molar-refractivity contribution in [2.45, 2.75) is 77.1 Å². The molecule has 2 aliphatic rings. The van der Waals surface area contributed by atoms with Gasteiger partial charge in [-0.25, -0.2) is 9.18 Å². The van der Waals surface area contributed by atoms with Gasteiger partial charge in [-0.3, -0.25) is 0 Å². The topological polar surface area (TPSA) is 50.8 Å². The maximum absolute atomic E-state index is 15.0. The number of esters is 1. The number of halogens is 3. The Kier molecular flexibility index (Phi) is 6.03. The molecular weight excluding hydrogens is 385 g/mol. The highest BCUT2D eigenvalue weighted by atomic mass is 19.3. The minimum absolute atomic E-state index is 0.151. The lowest BCUT2D eigenvalue weighted by Crippen LogP contribution is -2.67. The lowest BCUT2D eigenvalue weighted by Gasteiger charge is -2.52. The van der Waals surface area contributed by atoms with Gasteiger partial charge in [-0.2, -0.15) is 8.78 Å². The maximum atomic E-state index is 15.0. The van der Waals surface area contributed by atoms with E-state index in [1.165, 1.54) is 13.0 Å². The van der Waals surface area contributed by atoms with Crippen LogP contribution in [0.25, 0.3) is 0 Å². The van der Waals surface area contributed by atoms with E-state index in [1.54, 1.807) is 6.92 Å². The number of fused-ring (bicyclic) bond motifs is 1. The summed E-state index contributed by atoms with van der Waals surface area (Å²) in [7, 11) is 0. The molecule has 2 atom stereocenters. The van der Waals surface area contributed by atoms with Crippen LogP contribution in [0.4, 0.5) is 18.9 Å². The van der Waals surface area contributed by atoms with Crippen LogP contribution in [0.5, 0.6) is 5.75 Å². The van der Waals surface area contributed by atoms with Crippen molar-refractivity contribution in [2.75, 3.05) is 18.1 Å². The summed E-state index contributed by atoms with van der Waals surface area (Å²) in [6.07, 6.45) is 0.00640. The normalized spacial score (nSPS) is 24.0. The number of alkyl halides is 2. The Bertz CT molecular complexity index is 770. The molecule has 8 heteroatoms. The summed E-state index contributed by atoms with van der Waals surface area (Å²) in [5, 5.41) is 3.66. The zero-order valence-electron chi connectivity index (χ0n) is 17.4. The number of rotatable bonds is 5. The number of hydrogen-bond donors (Lipinski definition) is 1. The Hall–Kier alpha value is -1.96. The number of nitrogens with zero attached hydrogens (tertiary/aromatic N) is 1. The molecule has 29 heavy (non-hydrogen) atoms. The first-order valence-corrected chi connectivity index (χ1v) is 10.1. The minimum Gasteiger partial charge on any atom is -0.459 e. The molecule has 1 aromatic carbocycles. The number of aryl methyl sites for hydroxylation is 1. The Balaban J connectivity index is 1.89. The average Bonchev–Trinajstić information content (AvgIpc) is 2.63. The summed E-state index contributed by atoms with van der Waals surface area (Å²) in [5.41, 5.74) is 0.500. The highest BCUT2D eigenvalue weighted by Gasteiger charge is 2.45. The van der Waals surface area contributed by atoms with Crippen molar-refractivity contribution >= 4 is 11.7 Å². The number of hydrogen-bond acceptors (Lipinski definition) is 5. The number of ether oxygens (including phenoxy) is 2. The standard InChI is InChI=1S/C21H29F3N2O3/c1-5-28-19(27)21(23,24)29-18-11-14(22)17(10-13(18)2)26-12-20(3,4)25-15-8-6-7-9-16(15)26/h10-11,15-16,25H,5-9,12H2,1-4H3/t15-,16-/m0/s1. The van der Waals surface area contributed by atoms with E-state index in [0.29, 0.717) is 17.8 Å². The lowest BCUT2D eigenvalue weighted by atomic mass is 9.83. The van der Waals surface area contributed by atoms with Crippen LogP contribution in [0.2, 0.25) is 0 Å². The second-order valence-electron chi connectivity index (χ2n) is 8.52. The van der Waals surface area contributed by atoms with Crippen molar-refractivity contribution in [3.63, 3.8) is 0 Å². The van der Waals surface area contributed by atoms with Crippen LogP contribution in [0, 0.1) is 12.7 Å². The van der Waals surface area contributed by atoms with Crippen LogP contribution in [0.1, 0.15) is 52.0 Å². The van der Waals surface area contributed by atoms with E-state index < -0.39 is 17.9 Å². The number of piperazine rings is 1. The quantitative estimate of drug-likeness (QED) is 0.733. The molecule has 1 aromatic rings. The van der Waals surface area contributed by atoms with Gasteiger partial charge in [0, 0.05) is 30.2 Å². The van der Waals surface area contributed by atoms with Gasteiger partial charge in [0.25, 0.3) is 0 Å². The third-order valence-electron chi connectivity index (χ3n) is 5.58. The predicted molar refractivity (Wildman–Crippen MR) is 104 cm³/mol. The van der Waals surface area contributed by atoms with Crippen molar-refractivity contribution in [3.8, 4) is 5.75 Å². The van der Waals surface area contributed by atoms with Gasteiger partial charge in [0.15, 0.2) is 0 Å². The van der Waals surface area contributed by atoms with Crippen LogP contribution < -0.4 is 15.0 Å². The average molecular weight is 414 g/mol. The molecule has 2 fully saturated rings. The molecule has 1 saturated carbocycles. The summed E-state index contributed by atoms with van der Waals surface area (Å²) >= 11 is 0. The largest absolute Gasteiger partial charge is 0.502 e. The number of anilines is 1. The van der Waals surface area contributed by atoms with Crippen molar-refractivity contribution in [2.24, 2.45) is 0 Å². The monoisotopic (exact) mass is 414 g/mol. The molecule has 0 radical (unpaired) electrons. The van der Waals surface area contributed by atoms with Crippen LogP contribution in [0.15, 0.2) is 12.1 Å². The highest BCUT2D eigenvalue weighted by Crippen LogP contribution is 2.38. The fraction of sp³-hybridized carbons (Fsp3) is 0.667. The number of nitrogens with one attached hydrogen (secondary N) is 1. The molecule has 0 spiro atoms. The molecule has 0 unspecified atom stereocenters. The molecule has 0 aromatic heterocycles. The van der Waals surface area contributed by atoms with Crippen molar-refractivity contribution in [3.05, 3.63) is 23.5 Å². The molecule has 3 rings (SSSR count). The number of benzene rings is 1. The zero-order chi connectivity index (χ0) is 21.4. The Morgan fingerprint density at radius 3 is 2.69 bits per heavy atom. The lowest BCUT2D eigenvalue weighted by molar-refractivity contribution is -0.216. The molecule has 162 valence electrons. The van der Waals surface area contributed by atoms with E-state index in [0.717, 1.165) is 31.7 Å². The fourth-order valence-corrected chi connectivity index (χ4v) is 4.38. The summed E-state index contributed by atoms with van der Waals surface area (Å²) in [5.74, 6) is -2.82. The molecule has 1 aliphatic carbocycles. The van der Waals surface area contributed by atoms with Crippen LogP contribution in [-0.4, -0.2) is 42.9 Å². The van der Waals surface area contributed by atoms with Crippen molar-refractivity contribution in [1.82, 2.24) is 5.32 Å². The molecule has 1 heterocycles. The van der Waals surface area contributed by atoms with Crippen molar-refractivity contribution < 1.29 is 27.4 Å². The van der Waals surface area contributed by atoms with Gasteiger partial charge in [-0.1, -0.05) is 12.8 Å². The third-order valence-corrected chi connectivity index (χ3v) is 5.58.